The highest BCUT2D eigenvalue weighted by Crippen LogP contribution is 2.22. The fourth-order valence-electron chi connectivity index (χ4n) is 3.52. The molecule has 0 spiro atoms. The third-order valence-corrected chi connectivity index (χ3v) is 5.20. The van der Waals surface area contributed by atoms with Crippen LogP contribution in [0.4, 0.5) is 16.2 Å². The molecule has 1 aliphatic rings. The molecule has 0 bridgehead atoms. The Morgan fingerprint density at radius 1 is 1.05 bits per heavy atom. The zero-order chi connectivity index (χ0) is 28.9. The van der Waals surface area contributed by atoms with E-state index in [0.29, 0.717) is 10.6 Å². The molecule has 0 aliphatic carbocycles. The van der Waals surface area contributed by atoms with Crippen molar-refractivity contribution in [3.63, 3.8) is 0 Å². The summed E-state index contributed by atoms with van der Waals surface area (Å²) in [5.74, 6) is -6.20. The van der Waals surface area contributed by atoms with Crippen LogP contribution < -0.4 is 22.1 Å². The van der Waals surface area contributed by atoms with Crippen molar-refractivity contribution in [1.29, 1.82) is 0 Å². The number of carbonyl (C=O) groups is 6. The van der Waals surface area contributed by atoms with Gasteiger partial charge in [0.05, 0.1) is 18.2 Å². The molecular formula is C24H23N7O8. The molecule has 0 aromatic heterocycles. The molecule has 15 heteroatoms. The summed E-state index contributed by atoms with van der Waals surface area (Å²) < 4.78 is 0. The average molecular weight is 537 g/mol. The Morgan fingerprint density at radius 3 is 2.21 bits per heavy atom. The summed E-state index contributed by atoms with van der Waals surface area (Å²) in [6.07, 6.45) is -0.801. The lowest BCUT2D eigenvalue weighted by Crippen LogP contribution is -2.56. The first-order valence-electron chi connectivity index (χ1n) is 11.2. The second-order valence-electron chi connectivity index (χ2n) is 8.10. The number of carboxylic acids is 1. The Hall–Kier alpha value is -5.44. The summed E-state index contributed by atoms with van der Waals surface area (Å²) in [6, 6.07) is 8.08. The number of aliphatic carboxylic acids is 1. The van der Waals surface area contributed by atoms with Gasteiger partial charge in [0.2, 0.25) is 5.91 Å². The lowest BCUT2D eigenvalue weighted by atomic mass is 10.1. The SMILES string of the molecule is CC(=O)[C@@H](C(=O)ON1C(=O)N=C(c2ccc(N=C(N)N)cc2)C1=O)N(C(=O)[C@@H](N)CC(=O)O)c1ccccc1. The van der Waals surface area contributed by atoms with E-state index in [1.165, 1.54) is 48.5 Å². The molecule has 0 fully saturated rings. The Labute approximate surface area is 220 Å². The number of nitrogens with zero attached hydrogens (tertiary/aromatic N) is 4. The molecule has 2 atom stereocenters. The predicted molar refractivity (Wildman–Crippen MR) is 135 cm³/mol. The molecule has 202 valence electrons. The minimum absolute atomic E-state index is 0.0115. The van der Waals surface area contributed by atoms with Crippen LogP contribution in [-0.4, -0.2) is 69.5 Å². The summed E-state index contributed by atoms with van der Waals surface area (Å²) in [5, 5.41) is 9.09. The molecule has 39 heavy (non-hydrogen) atoms. The zero-order valence-corrected chi connectivity index (χ0v) is 20.4. The van der Waals surface area contributed by atoms with Crippen LogP contribution in [0.25, 0.3) is 0 Å². The minimum atomic E-state index is -2.02. The van der Waals surface area contributed by atoms with E-state index in [2.05, 4.69) is 9.98 Å². The van der Waals surface area contributed by atoms with E-state index in [4.69, 9.17) is 27.1 Å². The van der Waals surface area contributed by atoms with Crippen LogP contribution in [0.5, 0.6) is 0 Å². The van der Waals surface area contributed by atoms with Crippen LogP contribution in [0.2, 0.25) is 0 Å². The fourth-order valence-corrected chi connectivity index (χ4v) is 3.52. The quantitative estimate of drug-likeness (QED) is 0.172. The summed E-state index contributed by atoms with van der Waals surface area (Å²) in [7, 11) is 0. The van der Waals surface area contributed by atoms with Crippen LogP contribution in [0, 0.1) is 0 Å². The standard InChI is InChI=1S/C24H23N7O8/c1-12(32)19(30(15-5-3-2-4-6-15)20(35)16(25)11-17(33)34)22(37)39-31-21(36)18(29-24(31)38)13-7-9-14(10-8-13)28-23(26)27/h2-10,16,19H,11,25H2,1H3,(H,33,34)(H4,26,27,28)/t16-,19-/m0/s1. The van der Waals surface area contributed by atoms with E-state index < -0.39 is 54.1 Å². The maximum absolute atomic E-state index is 13.2. The van der Waals surface area contributed by atoms with Gasteiger partial charge in [-0.25, -0.2) is 14.6 Å². The smallest absolute Gasteiger partial charge is 0.385 e. The van der Waals surface area contributed by atoms with Crippen LogP contribution in [0.15, 0.2) is 64.6 Å². The van der Waals surface area contributed by atoms with Gasteiger partial charge in [0, 0.05) is 11.3 Å². The molecule has 3 rings (SSSR count). The van der Waals surface area contributed by atoms with Crippen molar-refractivity contribution in [2.24, 2.45) is 27.2 Å². The maximum atomic E-state index is 13.2. The second kappa shape index (κ2) is 11.7. The molecule has 1 heterocycles. The fraction of sp³-hybridized carbons (Fsp3) is 0.167. The number of benzene rings is 2. The highest BCUT2D eigenvalue weighted by molar-refractivity contribution is 6.51. The number of urea groups is 1. The number of amides is 4. The van der Waals surface area contributed by atoms with E-state index in [1.54, 1.807) is 6.07 Å². The van der Waals surface area contributed by atoms with Gasteiger partial charge in [-0.3, -0.25) is 24.1 Å². The number of guanidine groups is 1. The van der Waals surface area contributed by atoms with E-state index >= 15 is 0 Å². The van der Waals surface area contributed by atoms with E-state index in [1.807, 2.05) is 0 Å². The Balaban J connectivity index is 1.88. The number of hydrogen-bond acceptors (Lipinski definition) is 9. The van der Waals surface area contributed by atoms with Crippen molar-refractivity contribution < 1.29 is 38.7 Å². The number of hydroxylamine groups is 2. The maximum Gasteiger partial charge on any atom is 0.385 e. The molecular weight excluding hydrogens is 514 g/mol. The Bertz CT molecular complexity index is 1380. The molecule has 1 aliphatic heterocycles. The van der Waals surface area contributed by atoms with Gasteiger partial charge in [0.15, 0.2) is 17.8 Å². The van der Waals surface area contributed by atoms with Crippen molar-refractivity contribution in [3.05, 3.63) is 60.2 Å². The first-order valence-corrected chi connectivity index (χ1v) is 11.2. The number of nitrogens with two attached hydrogens (primary N) is 3. The van der Waals surface area contributed by atoms with Gasteiger partial charge in [-0.1, -0.05) is 35.4 Å². The number of carbonyl (C=O) groups excluding carboxylic acids is 5. The average Bonchev–Trinajstić information content (AvgIpc) is 3.15. The van der Waals surface area contributed by atoms with Crippen molar-refractivity contribution in [2.45, 2.75) is 25.4 Å². The number of hydrogen-bond donors (Lipinski definition) is 4. The molecule has 2 aromatic carbocycles. The van der Waals surface area contributed by atoms with E-state index in [9.17, 15) is 28.8 Å². The lowest BCUT2D eigenvalue weighted by Gasteiger charge is -2.30. The van der Waals surface area contributed by atoms with Crippen molar-refractivity contribution >= 4 is 58.6 Å². The number of rotatable bonds is 10. The Kier molecular flexibility index (Phi) is 8.47. The van der Waals surface area contributed by atoms with Gasteiger partial charge in [-0.15, -0.1) is 0 Å². The van der Waals surface area contributed by atoms with Crippen molar-refractivity contribution in [2.75, 3.05) is 4.90 Å². The number of Topliss-reactive ketones (excluding diaryl/α,β-unsaturated/α-hetero) is 1. The van der Waals surface area contributed by atoms with Gasteiger partial charge < -0.3 is 27.1 Å². The highest BCUT2D eigenvalue weighted by atomic mass is 16.7. The van der Waals surface area contributed by atoms with Gasteiger partial charge in [-0.2, -0.15) is 4.99 Å². The number of ketones is 1. The number of anilines is 1. The highest BCUT2D eigenvalue weighted by Gasteiger charge is 2.43. The van der Waals surface area contributed by atoms with Gasteiger partial charge >= 0.3 is 23.9 Å². The summed E-state index contributed by atoms with van der Waals surface area (Å²) in [5.41, 5.74) is 16.5. The van der Waals surface area contributed by atoms with E-state index in [0.717, 1.165) is 6.92 Å². The van der Waals surface area contributed by atoms with Gasteiger partial charge in [-0.05, 0) is 31.2 Å². The largest absolute Gasteiger partial charge is 0.481 e. The van der Waals surface area contributed by atoms with Crippen LogP contribution in [-0.2, 0) is 28.8 Å². The second-order valence-corrected chi connectivity index (χ2v) is 8.10. The number of aliphatic imine (C=N–C) groups is 2. The predicted octanol–water partition coefficient (Wildman–Crippen LogP) is -0.406. The molecule has 15 nitrogen and oxygen atoms in total. The molecule has 0 saturated heterocycles. The number of imide groups is 1. The van der Waals surface area contributed by atoms with E-state index in [-0.39, 0.29) is 28.0 Å². The molecule has 2 aromatic rings. The Morgan fingerprint density at radius 2 is 1.67 bits per heavy atom. The lowest BCUT2D eigenvalue weighted by molar-refractivity contribution is -0.182. The molecule has 0 unspecified atom stereocenters. The van der Waals surface area contributed by atoms with Crippen LogP contribution in [0.3, 0.4) is 0 Å². The van der Waals surface area contributed by atoms with Gasteiger partial charge in [0.1, 0.15) is 5.71 Å². The van der Waals surface area contributed by atoms with Crippen LogP contribution in [0.1, 0.15) is 18.9 Å². The third kappa shape index (κ3) is 6.47. The van der Waals surface area contributed by atoms with Crippen LogP contribution >= 0.6 is 0 Å². The molecule has 7 N–H and O–H groups in total. The summed E-state index contributed by atoms with van der Waals surface area (Å²) in [4.78, 5) is 88.3. The number of para-hydroxylation sites is 1. The monoisotopic (exact) mass is 537 g/mol. The minimum Gasteiger partial charge on any atom is -0.481 e. The van der Waals surface area contributed by atoms with Gasteiger partial charge in [0.25, 0.3) is 0 Å². The molecule has 4 amide bonds. The third-order valence-electron chi connectivity index (χ3n) is 5.20. The van der Waals surface area contributed by atoms with Crippen molar-refractivity contribution in [1.82, 2.24) is 5.06 Å². The first kappa shape index (κ1) is 28.1. The first-order chi connectivity index (χ1) is 18.4. The summed E-state index contributed by atoms with van der Waals surface area (Å²) >= 11 is 0. The zero-order valence-electron chi connectivity index (χ0n) is 20.4. The summed E-state index contributed by atoms with van der Waals surface area (Å²) in [6.45, 7) is 0.964. The van der Waals surface area contributed by atoms with Crippen molar-refractivity contribution in [3.8, 4) is 0 Å². The molecule has 0 saturated carbocycles. The topological polar surface area (TPSA) is 241 Å². The normalized spacial score (nSPS) is 14.2. The number of carboxylic acid groups (broad SMARTS) is 1. The molecule has 0 radical (unpaired) electrons.